The van der Waals surface area contributed by atoms with E-state index < -0.39 is 0 Å². The molecule has 0 unspecified atom stereocenters. The van der Waals surface area contributed by atoms with Crippen LogP contribution in [0.4, 0.5) is 10.5 Å². The molecule has 0 radical (unpaired) electrons. The number of carbonyl (C=O) groups excluding carboxylic acids is 1. The van der Waals surface area contributed by atoms with Gasteiger partial charge in [-0.15, -0.1) is 0 Å². The standard InChI is InChI=1S/C11H14IN3O/c12-9-1-3-10(4-2-9)13-5-7-15-8-6-14-11(15)16/h1-4,13H,5-8H2,(H,14,16). The molecule has 86 valence electrons. The van der Waals surface area contributed by atoms with E-state index in [4.69, 9.17) is 0 Å². The van der Waals surface area contributed by atoms with Crippen LogP contribution < -0.4 is 10.6 Å². The van der Waals surface area contributed by atoms with Crippen molar-refractivity contribution in [2.75, 3.05) is 31.5 Å². The number of urea groups is 1. The zero-order valence-corrected chi connectivity index (χ0v) is 11.0. The average Bonchev–Trinajstić information content (AvgIpc) is 2.68. The average molecular weight is 331 g/mol. The van der Waals surface area contributed by atoms with Crippen LogP contribution in [-0.2, 0) is 0 Å². The number of hydrogen-bond donors (Lipinski definition) is 2. The van der Waals surface area contributed by atoms with E-state index in [1.165, 1.54) is 3.57 Å². The molecule has 1 fully saturated rings. The summed E-state index contributed by atoms with van der Waals surface area (Å²) in [6, 6.07) is 8.26. The predicted molar refractivity (Wildman–Crippen MR) is 72.6 cm³/mol. The highest BCUT2D eigenvalue weighted by molar-refractivity contribution is 14.1. The quantitative estimate of drug-likeness (QED) is 0.826. The molecule has 1 aliphatic heterocycles. The highest BCUT2D eigenvalue weighted by Gasteiger charge is 2.17. The van der Waals surface area contributed by atoms with Gasteiger partial charge in [-0.05, 0) is 46.9 Å². The van der Waals surface area contributed by atoms with E-state index in [1.807, 2.05) is 17.0 Å². The zero-order valence-electron chi connectivity index (χ0n) is 8.87. The number of amides is 2. The zero-order chi connectivity index (χ0) is 11.4. The van der Waals surface area contributed by atoms with Gasteiger partial charge in [0.15, 0.2) is 0 Å². The fourth-order valence-electron chi connectivity index (χ4n) is 1.63. The molecule has 4 nitrogen and oxygen atoms in total. The molecular weight excluding hydrogens is 317 g/mol. The Morgan fingerprint density at radius 3 is 2.75 bits per heavy atom. The van der Waals surface area contributed by atoms with Crippen molar-refractivity contribution in [2.24, 2.45) is 0 Å². The van der Waals surface area contributed by atoms with Crippen molar-refractivity contribution < 1.29 is 4.79 Å². The van der Waals surface area contributed by atoms with Gasteiger partial charge in [-0.25, -0.2) is 4.79 Å². The largest absolute Gasteiger partial charge is 0.383 e. The molecular formula is C11H14IN3O. The number of halogens is 1. The van der Waals surface area contributed by atoms with Crippen molar-refractivity contribution in [3.63, 3.8) is 0 Å². The second kappa shape index (κ2) is 5.38. The summed E-state index contributed by atoms with van der Waals surface area (Å²) in [7, 11) is 0. The lowest BCUT2D eigenvalue weighted by atomic mass is 10.3. The molecule has 1 aromatic carbocycles. The van der Waals surface area contributed by atoms with Crippen molar-refractivity contribution >= 4 is 34.3 Å². The maximum absolute atomic E-state index is 11.2. The molecule has 1 heterocycles. The summed E-state index contributed by atoms with van der Waals surface area (Å²) in [5.74, 6) is 0. The third-order valence-electron chi connectivity index (χ3n) is 2.50. The Hall–Kier alpha value is -0.980. The van der Waals surface area contributed by atoms with Gasteiger partial charge in [0, 0.05) is 35.4 Å². The molecule has 2 rings (SSSR count). The molecule has 0 spiro atoms. The number of rotatable bonds is 4. The topological polar surface area (TPSA) is 44.4 Å². The number of anilines is 1. The Labute approximate surface area is 109 Å². The van der Waals surface area contributed by atoms with Gasteiger partial charge in [-0.1, -0.05) is 0 Å². The minimum absolute atomic E-state index is 0.0458. The summed E-state index contributed by atoms with van der Waals surface area (Å²) in [4.78, 5) is 13.1. The van der Waals surface area contributed by atoms with Crippen LogP contribution in [-0.4, -0.2) is 37.1 Å². The van der Waals surface area contributed by atoms with Crippen LogP contribution in [0.15, 0.2) is 24.3 Å². The van der Waals surface area contributed by atoms with E-state index in [-0.39, 0.29) is 6.03 Å². The first-order chi connectivity index (χ1) is 7.75. The highest BCUT2D eigenvalue weighted by atomic mass is 127. The maximum Gasteiger partial charge on any atom is 0.317 e. The molecule has 16 heavy (non-hydrogen) atoms. The van der Waals surface area contributed by atoms with Gasteiger partial charge in [0.2, 0.25) is 0 Å². The summed E-state index contributed by atoms with van der Waals surface area (Å²) in [6.45, 7) is 3.11. The van der Waals surface area contributed by atoms with Gasteiger partial charge in [0.05, 0.1) is 0 Å². The third-order valence-corrected chi connectivity index (χ3v) is 3.22. The first kappa shape index (κ1) is 11.5. The minimum Gasteiger partial charge on any atom is -0.383 e. The first-order valence-corrected chi connectivity index (χ1v) is 6.36. The van der Waals surface area contributed by atoms with Gasteiger partial charge in [0.25, 0.3) is 0 Å². The fraction of sp³-hybridized carbons (Fsp3) is 0.364. The van der Waals surface area contributed by atoms with Crippen LogP contribution in [0, 0.1) is 3.57 Å². The van der Waals surface area contributed by atoms with Crippen molar-refractivity contribution in [2.45, 2.75) is 0 Å². The summed E-state index contributed by atoms with van der Waals surface area (Å²) in [6.07, 6.45) is 0. The molecule has 0 bridgehead atoms. The SMILES string of the molecule is O=C1NCCN1CCNc1ccc(I)cc1. The van der Waals surface area contributed by atoms with Crippen molar-refractivity contribution in [3.05, 3.63) is 27.8 Å². The Balaban J connectivity index is 1.75. The number of nitrogens with zero attached hydrogens (tertiary/aromatic N) is 1. The smallest absolute Gasteiger partial charge is 0.317 e. The van der Waals surface area contributed by atoms with E-state index >= 15 is 0 Å². The number of carbonyl (C=O) groups is 1. The van der Waals surface area contributed by atoms with Gasteiger partial charge in [-0.3, -0.25) is 0 Å². The summed E-state index contributed by atoms with van der Waals surface area (Å²) in [5.41, 5.74) is 1.10. The Bertz CT molecular complexity index is 366. The molecule has 5 heteroatoms. The van der Waals surface area contributed by atoms with Crippen LogP contribution in [0.25, 0.3) is 0 Å². The van der Waals surface area contributed by atoms with Crippen molar-refractivity contribution in [1.29, 1.82) is 0 Å². The van der Waals surface area contributed by atoms with Crippen molar-refractivity contribution in [3.8, 4) is 0 Å². The maximum atomic E-state index is 11.2. The second-order valence-corrected chi connectivity index (χ2v) is 4.90. The summed E-state index contributed by atoms with van der Waals surface area (Å²) >= 11 is 2.28. The fourth-order valence-corrected chi connectivity index (χ4v) is 1.99. The molecule has 0 aromatic heterocycles. The molecule has 0 atom stereocenters. The number of nitrogens with one attached hydrogen (secondary N) is 2. The van der Waals surface area contributed by atoms with E-state index in [0.717, 1.165) is 31.9 Å². The number of benzene rings is 1. The number of hydrogen-bond acceptors (Lipinski definition) is 2. The second-order valence-electron chi connectivity index (χ2n) is 3.65. The van der Waals surface area contributed by atoms with Crippen molar-refractivity contribution in [1.82, 2.24) is 10.2 Å². The van der Waals surface area contributed by atoms with E-state index in [9.17, 15) is 4.79 Å². The predicted octanol–water partition coefficient (Wildman–Crippen LogP) is 1.73. The molecule has 1 aromatic rings. The lowest BCUT2D eigenvalue weighted by Crippen LogP contribution is -2.32. The van der Waals surface area contributed by atoms with Gasteiger partial charge >= 0.3 is 6.03 Å². The third kappa shape index (κ3) is 3.01. The lowest BCUT2D eigenvalue weighted by molar-refractivity contribution is 0.219. The van der Waals surface area contributed by atoms with Crippen LogP contribution in [0.5, 0.6) is 0 Å². The Kier molecular flexibility index (Phi) is 3.87. The van der Waals surface area contributed by atoms with E-state index in [1.54, 1.807) is 0 Å². The highest BCUT2D eigenvalue weighted by Crippen LogP contribution is 2.10. The first-order valence-electron chi connectivity index (χ1n) is 5.28. The molecule has 0 saturated carbocycles. The van der Waals surface area contributed by atoms with E-state index in [0.29, 0.717) is 0 Å². The lowest BCUT2D eigenvalue weighted by Gasteiger charge is -2.14. The summed E-state index contributed by atoms with van der Waals surface area (Å²) in [5, 5.41) is 6.08. The van der Waals surface area contributed by atoms with Crippen LogP contribution in [0.1, 0.15) is 0 Å². The summed E-state index contributed by atoms with van der Waals surface area (Å²) < 4.78 is 1.22. The van der Waals surface area contributed by atoms with Crippen LogP contribution in [0.3, 0.4) is 0 Å². The normalized spacial score (nSPS) is 15.1. The van der Waals surface area contributed by atoms with Crippen LogP contribution in [0.2, 0.25) is 0 Å². The van der Waals surface area contributed by atoms with Gasteiger partial charge in [0.1, 0.15) is 0 Å². The monoisotopic (exact) mass is 331 g/mol. The van der Waals surface area contributed by atoms with Gasteiger partial charge in [-0.2, -0.15) is 0 Å². The molecule has 2 amide bonds. The minimum atomic E-state index is 0.0458. The molecule has 1 aliphatic rings. The Morgan fingerprint density at radius 2 is 2.12 bits per heavy atom. The molecule has 0 aliphatic carbocycles. The van der Waals surface area contributed by atoms with E-state index in [2.05, 4.69) is 45.4 Å². The van der Waals surface area contributed by atoms with Crippen LogP contribution >= 0.6 is 22.6 Å². The molecule has 2 N–H and O–H groups in total. The molecule has 1 saturated heterocycles. The van der Waals surface area contributed by atoms with Gasteiger partial charge < -0.3 is 15.5 Å². The Morgan fingerprint density at radius 1 is 1.38 bits per heavy atom.